The quantitative estimate of drug-likeness (QED) is 0.347. The van der Waals surface area contributed by atoms with Crippen LogP contribution >= 0.6 is 11.6 Å². The fourth-order valence-corrected chi connectivity index (χ4v) is 5.56. The first kappa shape index (κ1) is 29.6. The standard InChI is InChI=1S/C31H37ClN6O4/c1-30(2,3)42-29(41)38-19-31(20-38)11-12-37(18-31)28-35-16-24(27(40)34-14-21-7-5-4-6-8-21)26(36-28)33-15-22-9-10-23(17-39)25(32)13-22/h4-10,13,16,39H,11-12,14-15,17-20H2,1-3H3,(H,34,40)(H,33,35,36). The Morgan fingerprint density at radius 2 is 1.83 bits per heavy atom. The van der Waals surface area contributed by atoms with Gasteiger partial charge in [-0.15, -0.1) is 0 Å². The highest BCUT2D eigenvalue weighted by molar-refractivity contribution is 6.31. The fraction of sp³-hybridized carbons (Fsp3) is 0.419. The number of carbonyl (C=O) groups excluding carboxylic acids is 2. The van der Waals surface area contributed by atoms with E-state index in [4.69, 9.17) is 21.3 Å². The number of halogens is 1. The van der Waals surface area contributed by atoms with Gasteiger partial charge in [0.1, 0.15) is 17.0 Å². The topological polar surface area (TPSA) is 120 Å². The van der Waals surface area contributed by atoms with E-state index >= 15 is 0 Å². The lowest BCUT2D eigenvalue weighted by Gasteiger charge is -2.47. The van der Waals surface area contributed by atoms with E-state index in [0.717, 1.165) is 24.1 Å². The molecule has 2 aromatic carbocycles. The molecule has 0 radical (unpaired) electrons. The van der Waals surface area contributed by atoms with Crippen molar-refractivity contribution in [1.29, 1.82) is 0 Å². The van der Waals surface area contributed by atoms with Gasteiger partial charge in [-0.3, -0.25) is 4.79 Å². The monoisotopic (exact) mass is 592 g/mol. The molecule has 10 nitrogen and oxygen atoms in total. The number of nitrogens with zero attached hydrogens (tertiary/aromatic N) is 4. The number of nitrogens with one attached hydrogen (secondary N) is 2. The number of carbonyl (C=O) groups is 2. The van der Waals surface area contributed by atoms with Crippen LogP contribution in [0.15, 0.2) is 54.7 Å². The van der Waals surface area contributed by atoms with E-state index in [1.165, 1.54) is 0 Å². The molecule has 2 amide bonds. The summed E-state index contributed by atoms with van der Waals surface area (Å²) in [5, 5.41) is 16.2. The SMILES string of the molecule is CC(C)(C)OC(=O)N1CC2(CCN(c3ncc(C(=O)NCc4ccccc4)c(NCc4ccc(CO)c(Cl)c4)n3)C2)C1. The predicted octanol–water partition coefficient (Wildman–Crippen LogP) is 4.61. The number of ether oxygens (including phenoxy) is 1. The first-order chi connectivity index (χ1) is 20.0. The third-order valence-electron chi connectivity index (χ3n) is 7.49. The van der Waals surface area contributed by atoms with Crippen molar-refractivity contribution in [1.82, 2.24) is 20.2 Å². The normalized spacial score (nSPS) is 15.8. The lowest BCUT2D eigenvalue weighted by Crippen LogP contribution is -2.60. The number of amides is 2. The number of likely N-dealkylation sites (tertiary alicyclic amines) is 1. The Hall–Kier alpha value is -3.89. The van der Waals surface area contributed by atoms with Crippen LogP contribution in [0.5, 0.6) is 0 Å². The van der Waals surface area contributed by atoms with E-state index in [1.807, 2.05) is 57.2 Å². The molecule has 0 atom stereocenters. The number of benzene rings is 2. The molecule has 42 heavy (non-hydrogen) atoms. The molecule has 5 rings (SSSR count). The maximum atomic E-state index is 13.2. The molecular weight excluding hydrogens is 556 g/mol. The van der Waals surface area contributed by atoms with Gasteiger partial charge in [0, 0.05) is 55.9 Å². The Labute approximate surface area is 251 Å². The first-order valence-electron chi connectivity index (χ1n) is 14.1. The Bertz CT molecular complexity index is 1440. The van der Waals surface area contributed by atoms with E-state index in [9.17, 15) is 14.7 Å². The maximum absolute atomic E-state index is 13.2. The third-order valence-corrected chi connectivity index (χ3v) is 7.84. The zero-order valence-electron chi connectivity index (χ0n) is 24.2. The molecule has 222 valence electrons. The highest BCUT2D eigenvalue weighted by Crippen LogP contribution is 2.41. The lowest BCUT2D eigenvalue weighted by molar-refractivity contribution is -0.0266. The molecule has 0 aliphatic carbocycles. The van der Waals surface area contributed by atoms with Crippen LogP contribution in [0.25, 0.3) is 0 Å². The highest BCUT2D eigenvalue weighted by Gasteiger charge is 2.50. The summed E-state index contributed by atoms with van der Waals surface area (Å²) in [6.45, 7) is 8.93. The number of hydrogen-bond acceptors (Lipinski definition) is 8. The van der Waals surface area contributed by atoms with Gasteiger partial charge in [0.25, 0.3) is 5.91 Å². The summed E-state index contributed by atoms with van der Waals surface area (Å²) in [5.74, 6) is 0.655. The van der Waals surface area contributed by atoms with Crippen LogP contribution in [-0.4, -0.2) is 63.8 Å². The summed E-state index contributed by atoms with van der Waals surface area (Å²) in [4.78, 5) is 38.9. The smallest absolute Gasteiger partial charge is 0.410 e. The van der Waals surface area contributed by atoms with Crippen LogP contribution in [0.4, 0.5) is 16.6 Å². The van der Waals surface area contributed by atoms with Gasteiger partial charge in [-0.2, -0.15) is 4.98 Å². The number of rotatable bonds is 8. The minimum Gasteiger partial charge on any atom is -0.444 e. The van der Waals surface area contributed by atoms with E-state index in [1.54, 1.807) is 23.2 Å². The molecule has 2 aliphatic rings. The Balaban J connectivity index is 1.30. The molecule has 3 N–H and O–H groups in total. The third kappa shape index (κ3) is 6.94. The van der Waals surface area contributed by atoms with Gasteiger partial charge in [-0.1, -0.05) is 54.1 Å². The minimum absolute atomic E-state index is 0.0230. The van der Waals surface area contributed by atoms with Crippen LogP contribution in [0.1, 0.15) is 54.2 Å². The summed E-state index contributed by atoms with van der Waals surface area (Å²) < 4.78 is 5.52. The van der Waals surface area contributed by atoms with Crippen molar-refractivity contribution in [3.05, 3.63) is 82.0 Å². The maximum Gasteiger partial charge on any atom is 0.410 e. The van der Waals surface area contributed by atoms with E-state index in [0.29, 0.717) is 60.6 Å². The van der Waals surface area contributed by atoms with Crippen LogP contribution in [0, 0.1) is 5.41 Å². The molecule has 0 bridgehead atoms. The van der Waals surface area contributed by atoms with E-state index in [2.05, 4.69) is 20.5 Å². The second-order valence-corrected chi connectivity index (χ2v) is 12.5. The Kier molecular flexibility index (Phi) is 8.56. The van der Waals surface area contributed by atoms with Crippen molar-refractivity contribution in [3.8, 4) is 0 Å². The van der Waals surface area contributed by atoms with Crippen molar-refractivity contribution >= 4 is 35.4 Å². The summed E-state index contributed by atoms with van der Waals surface area (Å²) in [6, 6.07) is 15.1. The molecular formula is C31H37ClN6O4. The van der Waals surface area contributed by atoms with Crippen LogP contribution in [-0.2, 0) is 24.4 Å². The molecule has 0 unspecified atom stereocenters. The van der Waals surface area contributed by atoms with Crippen molar-refractivity contribution < 1.29 is 19.4 Å². The largest absolute Gasteiger partial charge is 0.444 e. The van der Waals surface area contributed by atoms with Crippen LogP contribution < -0.4 is 15.5 Å². The number of hydrogen-bond donors (Lipinski definition) is 3. The average Bonchev–Trinajstić information content (AvgIpc) is 3.40. The van der Waals surface area contributed by atoms with Gasteiger partial charge >= 0.3 is 6.09 Å². The van der Waals surface area contributed by atoms with Gasteiger partial charge < -0.3 is 30.3 Å². The van der Waals surface area contributed by atoms with Crippen LogP contribution in [0.3, 0.4) is 0 Å². The number of aliphatic hydroxyl groups excluding tert-OH is 1. The molecule has 2 aliphatic heterocycles. The van der Waals surface area contributed by atoms with Crippen molar-refractivity contribution in [2.45, 2.75) is 52.5 Å². The summed E-state index contributed by atoms with van der Waals surface area (Å²) >= 11 is 6.29. The highest BCUT2D eigenvalue weighted by atomic mass is 35.5. The zero-order chi connectivity index (χ0) is 29.9. The summed E-state index contributed by atoms with van der Waals surface area (Å²) in [5.41, 5.74) is 2.30. The van der Waals surface area contributed by atoms with E-state index < -0.39 is 5.60 Å². The molecule has 3 heterocycles. The molecule has 1 spiro atoms. The molecule has 0 saturated carbocycles. The van der Waals surface area contributed by atoms with Crippen molar-refractivity contribution in [2.75, 3.05) is 36.4 Å². The molecule has 11 heteroatoms. The summed E-state index contributed by atoms with van der Waals surface area (Å²) in [7, 11) is 0. The first-order valence-corrected chi connectivity index (χ1v) is 14.5. The Morgan fingerprint density at radius 1 is 1.07 bits per heavy atom. The number of anilines is 2. The number of aromatic nitrogens is 2. The molecule has 2 saturated heterocycles. The minimum atomic E-state index is -0.528. The van der Waals surface area contributed by atoms with Gasteiger partial charge in [0.05, 0.1) is 6.61 Å². The predicted molar refractivity (Wildman–Crippen MR) is 161 cm³/mol. The lowest BCUT2D eigenvalue weighted by atomic mass is 9.79. The van der Waals surface area contributed by atoms with Crippen LogP contribution in [0.2, 0.25) is 5.02 Å². The second-order valence-electron chi connectivity index (χ2n) is 12.0. The Morgan fingerprint density at radius 3 is 2.52 bits per heavy atom. The summed E-state index contributed by atoms with van der Waals surface area (Å²) in [6.07, 6.45) is 2.19. The van der Waals surface area contributed by atoms with E-state index in [-0.39, 0.29) is 24.0 Å². The molecule has 1 aromatic heterocycles. The molecule has 2 fully saturated rings. The average molecular weight is 593 g/mol. The van der Waals surface area contributed by atoms with Gasteiger partial charge in [-0.25, -0.2) is 9.78 Å². The fourth-order valence-electron chi connectivity index (χ4n) is 5.30. The van der Waals surface area contributed by atoms with Gasteiger partial charge in [-0.05, 0) is 49.9 Å². The van der Waals surface area contributed by atoms with Crippen molar-refractivity contribution in [2.24, 2.45) is 5.41 Å². The zero-order valence-corrected chi connectivity index (χ0v) is 24.9. The van der Waals surface area contributed by atoms with Gasteiger partial charge in [0.15, 0.2) is 0 Å². The van der Waals surface area contributed by atoms with Gasteiger partial charge in [0.2, 0.25) is 5.95 Å². The second kappa shape index (κ2) is 12.1. The number of aliphatic hydroxyl groups is 1. The molecule has 3 aromatic rings. The van der Waals surface area contributed by atoms with Crippen molar-refractivity contribution in [3.63, 3.8) is 0 Å².